The molecule has 9 nitrogen and oxygen atoms in total. The number of nitrogens with one attached hydrogen (secondary N) is 1. The summed E-state index contributed by atoms with van der Waals surface area (Å²) in [7, 11) is 1.74. The van der Waals surface area contributed by atoms with Crippen LogP contribution < -0.4 is 5.32 Å². The van der Waals surface area contributed by atoms with Crippen molar-refractivity contribution in [3.8, 4) is 11.3 Å². The number of amides is 1. The summed E-state index contributed by atoms with van der Waals surface area (Å²) in [5.74, 6) is -0.932. The van der Waals surface area contributed by atoms with E-state index in [0.29, 0.717) is 22.6 Å². The van der Waals surface area contributed by atoms with Gasteiger partial charge in [-0.2, -0.15) is 10.2 Å². The van der Waals surface area contributed by atoms with Gasteiger partial charge in [0.05, 0.1) is 17.6 Å². The van der Waals surface area contributed by atoms with Crippen molar-refractivity contribution in [1.82, 2.24) is 24.4 Å². The molecule has 1 aromatic carbocycles. The molecule has 0 saturated carbocycles. The topological polar surface area (TPSA) is 114 Å². The molecule has 0 radical (unpaired) electrons. The Morgan fingerprint density at radius 3 is 2.79 bits per heavy atom. The van der Waals surface area contributed by atoms with Crippen LogP contribution >= 0.6 is 0 Å². The zero-order valence-corrected chi connectivity index (χ0v) is 14.7. The molecule has 0 aliphatic carbocycles. The number of aromatic nitrogens is 5. The summed E-state index contributed by atoms with van der Waals surface area (Å²) in [5.41, 5.74) is 2.48. The number of carboxylic acid groups (broad SMARTS) is 1. The van der Waals surface area contributed by atoms with Crippen LogP contribution in [0.5, 0.6) is 0 Å². The summed E-state index contributed by atoms with van der Waals surface area (Å²) in [6, 6.07) is 7.64. The molecule has 0 aliphatic heterocycles. The van der Waals surface area contributed by atoms with Crippen molar-refractivity contribution in [2.24, 2.45) is 7.05 Å². The first-order valence-corrected chi connectivity index (χ1v) is 7.99. The van der Waals surface area contributed by atoms with Crippen molar-refractivity contribution in [3.05, 3.63) is 66.5 Å². The van der Waals surface area contributed by atoms with Crippen molar-refractivity contribution >= 4 is 23.7 Å². The Labute approximate surface area is 158 Å². The lowest BCUT2D eigenvalue weighted by molar-refractivity contribution is -0.122. The molecule has 1 amide bonds. The predicted molar refractivity (Wildman–Crippen MR) is 98.2 cm³/mol. The van der Waals surface area contributed by atoms with Gasteiger partial charge in [0, 0.05) is 36.8 Å². The van der Waals surface area contributed by atoms with Crippen LogP contribution in [0, 0.1) is 5.82 Å². The molecule has 0 atom stereocenters. The summed E-state index contributed by atoms with van der Waals surface area (Å²) in [6.07, 6.45) is 6.51. The number of hydrogen-bond donors (Lipinski definition) is 2. The van der Waals surface area contributed by atoms with Crippen LogP contribution in [-0.2, 0) is 11.8 Å². The molecule has 0 bridgehead atoms. The lowest BCUT2D eigenvalue weighted by Gasteiger charge is -2.07. The van der Waals surface area contributed by atoms with Gasteiger partial charge < -0.3 is 10.4 Å². The second-order valence-electron chi connectivity index (χ2n) is 5.64. The summed E-state index contributed by atoms with van der Waals surface area (Å²) < 4.78 is 17.2. The van der Waals surface area contributed by atoms with Gasteiger partial charge in [0.2, 0.25) is 0 Å². The van der Waals surface area contributed by atoms with Gasteiger partial charge in [0.1, 0.15) is 5.82 Å². The monoisotopic (exact) mass is 382 g/mol. The average Bonchev–Trinajstić information content (AvgIpc) is 3.29. The van der Waals surface area contributed by atoms with Gasteiger partial charge in [0.15, 0.2) is 5.65 Å². The van der Waals surface area contributed by atoms with Crippen molar-refractivity contribution in [1.29, 1.82) is 0 Å². The fraction of sp³-hybridized carbons (Fsp3) is 0.0556. The minimum absolute atomic E-state index is 0.200. The molecule has 3 aromatic heterocycles. The zero-order chi connectivity index (χ0) is 20.1. The van der Waals surface area contributed by atoms with Gasteiger partial charge in [-0.1, -0.05) is 0 Å². The lowest BCUT2D eigenvalue weighted by atomic mass is 10.1. The van der Waals surface area contributed by atoms with Crippen molar-refractivity contribution in [2.45, 2.75) is 0 Å². The molecule has 0 saturated heterocycles. The summed E-state index contributed by atoms with van der Waals surface area (Å²) in [4.78, 5) is 24.9. The summed E-state index contributed by atoms with van der Waals surface area (Å²) >= 11 is 0. The number of carbonyl (C=O) groups is 2. The standard InChI is InChI=1S/C17H13FN6O.CH2O2/c1-23-10-14(9-20-23)21-17(25)12-6-11(7-13(18)8-12)15-2-3-16-19-4-5-24(16)22-15;2-1-3/h2-10H,1H3,(H,21,25);1H,(H,2,3). The molecule has 0 fully saturated rings. The maximum absolute atomic E-state index is 14.0. The van der Waals surface area contributed by atoms with Gasteiger partial charge >= 0.3 is 0 Å². The lowest BCUT2D eigenvalue weighted by Crippen LogP contribution is -2.12. The fourth-order valence-corrected chi connectivity index (χ4v) is 2.53. The third kappa shape index (κ3) is 4.18. The maximum atomic E-state index is 14.0. The molecular weight excluding hydrogens is 367 g/mol. The van der Waals surface area contributed by atoms with E-state index < -0.39 is 11.7 Å². The van der Waals surface area contributed by atoms with Gasteiger partial charge in [-0.25, -0.2) is 13.9 Å². The number of rotatable bonds is 3. The number of benzene rings is 1. The van der Waals surface area contributed by atoms with E-state index in [9.17, 15) is 9.18 Å². The minimum Gasteiger partial charge on any atom is -0.483 e. The SMILES string of the molecule is Cn1cc(NC(=O)c2cc(F)cc(-c3ccc4nccn4n3)c2)cn1.O=CO. The van der Waals surface area contributed by atoms with E-state index in [2.05, 4.69) is 20.5 Å². The molecule has 0 aliphatic rings. The normalized spacial score (nSPS) is 10.2. The molecule has 10 heteroatoms. The Balaban J connectivity index is 0.000000706. The highest BCUT2D eigenvalue weighted by atomic mass is 19.1. The van der Waals surface area contributed by atoms with Gasteiger partial charge in [0.25, 0.3) is 12.4 Å². The highest BCUT2D eigenvalue weighted by Gasteiger charge is 2.12. The van der Waals surface area contributed by atoms with E-state index in [1.165, 1.54) is 18.3 Å². The Hall–Kier alpha value is -4.08. The molecule has 3 heterocycles. The molecule has 4 aromatic rings. The van der Waals surface area contributed by atoms with E-state index in [4.69, 9.17) is 9.90 Å². The fourth-order valence-electron chi connectivity index (χ4n) is 2.53. The molecule has 28 heavy (non-hydrogen) atoms. The zero-order valence-electron chi connectivity index (χ0n) is 14.7. The first-order valence-electron chi connectivity index (χ1n) is 7.99. The molecule has 142 valence electrons. The Kier molecular flexibility index (Phi) is 5.40. The largest absolute Gasteiger partial charge is 0.483 e. The number of fused-ring (bicyclic) bond motifs is 1. The number of anilines is 1. The first kappa shape index (κ1) is 18.7. The summed E-state index contributed by atoms with van der Waals surface area (Å²) in [5, 5.41) is 17.9. The van der Waals surface area contributed by atoms with Crippen molar-refractivity contribution in [2.75, 3.05) is 5.32 Å². The first-order chi connectivity index (χ1) is 13.5. The smallest absolute Gasteiger partial charge is 0.290 e. The predicted octanol–water partition coefficient (Wildman–Crippen LogP) is 2.22. The highest BCUT2D eigenvalue weighted by molar-refractivity contribution is 6.04. The van der Waals surface area contributed by atoms with Crippen LogP contribution in [0.1, 0.15) is 10.4 Å². The third-order valence-electron chi connectivity index (χ3n) is 3.67. The van der Waals surface area contributed by atoms with Crippen LogP contribution in [0.4, 0.5) is 10.1 Å². The number of halogens is 1. The number of carbonyl (C=O) groups excluding carboxylic acids is 1. The molecule has 0 unspecified atom stereocenters. The van der Waals surface area contributed by atoms with Crippen molar-refractivity contribution < 1.29 is 19.1 Å². The number of nitrogens with zero attached hydrogens (tertiary/aromatic N) is 5. The van der Waals surface area contributed by atoms with Crippen molar-refractivity contribution in [3.63, 3.8) is 0 Å². The number of hydrogen-bond acceptors (Lipinski definition) is 5. The Morgan fingerprint density at radius 2 is 2.07 bits per heavy atom. The van der Waals surface area contributed by atoms with E-state index in [0.717, 1.165) is 0 Å². The van der Waals surface area contributed by atoms with E-state index in [1.54, 1.807) is 53.0 Å². The molecule has 2 N–H and O–H groups in total. The number of imidazole rings is 1. The molecular formula is C18H15FN6O3. The highest BCUT2D eigenvalue weighted by Crippen LogP contribution is 2.21. The Bertz CT molecular complexity index is 1140. The molecule has 0 spiro atoms. The Morgan fingerprint density at radius 1 is 1.29 bits per heavy atom. The van der Waals surface area contributed by atoms with E-state index in [1.807, 2.05) is 0 Å². The van der Waals surface area contributed by atoms with E-state index >= 15 is 0 Å². The van der Waals surface area contributed by atoms with Crippen LogP contribution in [0.25, 0.3) is 16.9 Å². The minimum atomic E-state index is -0.513. The third-order valence-corrected chi connectivity index (χ3v) is 3.67. The quantitative estimate of drug-likeness (QED) is 0.525. The van der Waals surface area contributed by atoms with Gasteiger partial charge in [-0.3, -0.25) is 14.3 Å². The maximum Gasteiger partial charge on any atom is 0.290 e. The van der Waals surface area contributed by atoms with Crippen LogP contribution in [0.2, 0.25) is 0 Å². The summed E-state index contributed by atoms with van der Waals surface area (Å²) in [6.45, 7) is -0.250. The molecule has 4 rings (SSSR count). The number of aryl methyl sites for hydroxylation is 1. The second kappa shape index (κ2) is 8.08. The van der Waals surface area contributed by atoms with Gasteiger partial charge in [-0.05, 0) is 30.3 Å². The van der Waals surface area contributed by atoms with E-state index in [-0.39, 0.29) is 12.0 Å². The van der Waals surface area contributed by atoms with Crippen LogP contribution in [0.15, 0.2) is 55.1 Å². The van der Waals surface area contributed by atoms with Crippen LogP contribution in [0.3, 0.4) is 0 Å². The van der Waals surface area contributed by atoms with Crippen LogP contribution in [-0.4, -0.2) is 41.9 Å². The second-order valence-corrected chi connectivity index (χ2v) is 5.64. The average molecular weight is 382 g/mol. The van der Waals surface area contributed by atoms with Gasteiger partial charge in [-0.15, -0.1) is 0 Å².